The maximum absolute atomic E-state index is 13.8. The molecule has 0 heterocycles. The van der Waals surface area contributed by atoms with Crippen molar-refractivity contribution >= 4 is 17.2 Å². The van der Waals surface area contributed by atoms with Gasteiger partial charge in [-0.2, -0.15) is 13.2 Å². The van der Waals surface area contributed by atoms with Gasteiger partial charge in [0, 0.05) is 5.02 Å². The van der Waals surface area contributed by atoms with Crippen LogP contribution in [0.2, 0.25) is 5.02 Å². The minimum absolute atomic E-state index is 0.00583. The smallest absolute Gasteiger partial charge is 0.207 e. The molecule has 0 fully saturated rings. The molecule has 0 aromatic heterocycles. The summed E-state index contributed by atoms with van der Waals surface area (Å²) < 4.78 is 51.1. The highest BCUT2D eigenvalue weighted by Gasteiger charge is 2.35. The van der Waals surface area contributed by atoms with Crippen LogP contribution in [0.3, 0.4) is 0 Å². The van der Waals surface area contributed by atoms with Crippen LogP contribution in [0.5, 0.6) is 0 Å². The highest BCUT2D eigenvalue weighted by Crippen LogP contribution is 2.32. The first-order valence-corrected chi connectivity index (χ1v) is 6.21. The lowest BCUT2D eigenvalue weighted by molar-refractivity contribution is -0.170. The van der Waals surface area contributed by atoms with Gasteiger partial charge < -0.3 is 0 Å². The van der Waals surface area contributed by atoms with E-state index in [9.17, 15) is 17.6 Å². The van der Waals surface area contributed by atoms with Crippen LogP contribution in [0.25, 0.3) is 5.57 Å². The van der Waals surface area contributed by atoms with Gasteiger partial charge in [0.05, 0.1) is 5.92 Å². The predicted octanol–water partition coefficient (Wildman–Crippen LogP) is 5.64. The van der Waals surface area contributed by atoms with Crippen molar-refractivity contribution in [1.82, 2.24) is 0 Å². The van der Waals surface area contributed by atoms with Crippen LogP contribution >= 0.6 is 11.6 Å². The number of allylic oxidation sites excluding steroid dienone is 1. The largest absolute Gasteiger partial charge is 0.391 e. The Balaban J connectivity index is 2.98. The van der Waals surface area contributed by atoms with Gasteiger partial charge in [-0.15, -0.1) is 0 Å². The van der Waals surface area contributed by atoms with Gasteiger partial charge in [0.2, 0.25) is 0 Å². The van der Waals surface area contributed by atoms with E-state index >= 15 is 0 Å². The molecule has 19 heavy (non-hydrogen) atoms. The van der Waals surface area contributed by atoms with Gasteiger partial charge in [-0.25, -0.2) is 4.39 Å². The maximum Gasteiger partial charge on any atom is 0.391 e. The molecule has 106 valence electrons. The van der Waals surface area contributed by atoms with Crippen molar-refractivity contribution in [3.05, 3.63) is 40.7 Å². The molecule has 0 radical (unpaired) electrons. The third-order valence-electron chi connectivity index (χ3n) is 3.01. The highest BCUT2D eigenvalue weighted by atomic mass is 35.5. The summed E-state index contributed by atoms with van der Waals surface area (Å²) in [5.74, 6) is -2.06. The Bertz CT molecular complexity index is 477. The standard InChI is InChI=1S/C14H15ClF4/c1-8(2)12-6-10(15)7-13(16)11(12)5-4-9(3)14(17,18)19/h6-7,9H,1,4-5H2,2-3H3. The summed E-state index contributed by atoms with van der Waals surface area (Å²) in [6, 6.07) is 2.64. The molecule has 0 nitrogen and oxygen atoms in total. The summed E-state index contributed by atoms with van der Waals surface area (Å²) in [6.07, 6.45) is -4.42. The summed E-state index contributed by atoms with van der Waals surface area (Å²) in [6.45, 7) is 6.46. The van der Waals surface area contributed by atoms with E-state index in [1.165, 1.54) is 6.07 Å². The lowest BCUT2D eigenvalue weighted by Gasteiger charge is -2.17. The van der Waals surface area contributed by atoms with Crippen LogP contribution in [0.1, 0.15) is 31.4 Å². The number of benzene rings is 1. The summed E-state index contributed by atoms with van der Waals surface area (Å²) in [7, 11) is 0. The van der Waals surface area contributed by atoms with Crippen molar-refractivity contribution in [2.75, 3.05) is 0 Å². The molecule has 1 unspecified atom stereocenters. The zero-order chi connectivity index (χ0) is 14.8. The SMILES string of the molecule is C=C(C)c1cc(Cl)cc(F)c1CCC(C)C(F)(F)F. The van der Waals surface area contributed by atoms with Gasteiger partial charge in [0.25, 0.3) is 0 Å². The van der Waals surface area contributed by atoms with Crippen LogP contribution in [0.4, 0.5) is 17.6 Å². The number of hydrogen-bond acceptors (Lipinski definition) is 0. The maximum atomic E-state index is 13.8. The van der Waals surface area contributed by atoms with Gasteiger partial charge in [0.15, 0.2) is 0 Å². The second-order valence-electron chi connectivity index (χ2n) is 4.68. The molecule has 0 bridgehead atoms. The van der Waals surface area contributed by atoms with Crippen LogP contribution in [0.15, 0.2) is 18.7 Å². The lowest BCUT2D eigenvalue weighted by Crippen LogP contribution is -2.20. The molecule has 0 saturated heterocycles. The average Bonchev–Trinajstić information content (AvgIpc) is 2.24. The Morgan fingerprint density at radius 1 is 1.37 bits per heavy atom. The minimum atomic E-state index is -4.26. The number of hydrogen-bond donors (Lipinski definition) is 0. The van der Waals surface area contributed by atoms with Crippen molar-refractivity contribution in [3.8, 4) is 0 Å². The van der Waals surface area contributed by atoms with Crippen molar-refractivity contribution in [2.24, 2.45) is 5.92 Å². The Kier molecular flexibility index (Phi) is 5.02. The third-order valence-corrected chi connectivity index (χ3v) is 3.22. The van der Waals surface area contributed by atoms with Crippen LogP contribution in [-0.2, 0) is 6.42 Å². The fourth-order valence-electron chi connectivity index (χ4n) is 1.76. The Labute approximate surface area is 115 Å². The fourth-order valence-corrected chi connectivity index (χ4v) is 1.97. The monoisotopic (exact) mass is 294 g/mol. The lowest BCUT2D eigenvalue weighted by atomic mass is 9.94. The molecule has 5 heteroatoms. The van der Waals surface area contributed by atoms with Crippen molar-refractivity contribution < 1.29 is 17.6 Å². The molecular formula is C14H15ClF4. The number of alkyl halides is 3. The Morgan fingerprint density at radius 3 is 2.42 bits per heavy atom. The molecular weight excluding hydrogens is 280 g/mol. The first-order valence-electron chi connectivity index (χ1n) is 5.83. The molecule has 1 atom stereocenters. The van der Waals surface area contributed by atoms with Gasteiger partial charge >= 0.3 is 6.18 Å². The van der Waals surface area contributed by atoms with Crippen LogP contribution < -0.4 is 0 Å². The van der Waals surface area contributed by atoms with E-state index < -0.39 is 17.9 Å². The van der Waals surface area contributed by atoms with E-state index in [1.54, 1.807) is 6.92 Å². The number of rotatable bonds is 4. The Hall–Kier alpha value is -1.03. The van der Waals surface area contributed by atoms with Gasteiger partial charge in [0.1, 0.15) is 5.82 Å². The molecule has 0 aliphatic carbocycles. The quantitative estimate of drug-likeness (QED) is 0.630. The van der Waals surface area contributed by atoms with Crippen LogP contribution in [0, 0.1) is 11.7 Å². The first-order chi connectivity index (χ1) is 8.62. The van der Waals surface area contributed by atoms with E-state index in [4.69, 9.17) is 11.6 Å². The van der Waals surface area contributed by atoms with E-state index in [0.29, 0.717) is 11.1 Å². The van der Waals surface area contributed by atoms with E-state index in [2.05, 4.69) is 6.58 Å². The zero-order valence-corrected chi connectivity index (χ0v) is 11.5. The zero-order valence-electron chi connectivity index (χ0n) is 10.7. The van der Waals surface area contributed by atoms with Gasteiger partial charge in [-0.3, -0.25) is 0 Å². The fraction of sp³-hybridized carbons (Fsp3) is 0.429. The second-order valence-corrected chi connectivity index (χ2v) is 5.11. The first kappa shape index (κ1) is 16.0. The molecule has 0 N–H and O–H groups in total. The summed E-state index contributed by atoms with van der Waals surface area (Å²) in [5, 5.41) is 0.211. The Morgan fingerprint density at radius 2 is 1.95 bits per heavy atom. The summed E-state index contributed by atoms with van der Waals surface area (Å²) in [4.78, 5) is 0. The van der Waals surface area contributed by atoms with Gasteiger partial charge in [-0.1, -0.05) is 30.7 Å². The summed E-state index contributed by atoms with van der Waals surface area (Å²) in [5.41, 5.74) is 1.31. The minimum Gasteiger partial charge on any atom is -0.207 e. The van der Waals surface area contributed by atoms with E-state index in [1.807, 2.05) is 0 Å². The van der Waals surface area contributed by atoms with Crippen molar-refractivity contribution in [2.45, 2.75) is 32.9 Å². The molecule has 0 saturated carbocycles. The van der Waals surface area contributed by atoms with Crippen molar-refractivity contribution in [1.29, 1.82) is 0 Å². The molecule has 0 aliphatic rings. The van der Waals surface area contributed by atoms with Gasteiger partial charge in [-0.05, 0) is 43.0 Å². The highest BCUT2D eigenvalue weighted by molar-refractivity contribution is 6.30. The molecule has 0 aliphatic heterocycles. The molecule has 0 amide bonds. The van der Waals surface area contributed by atoms with Crippen molar-refractivity contribution in [3.63, 3.8) is 0 Å². The average molecular weight is 295 g/mol. The third kappa shape index (κ3) is 4.23. The topological polar surface area (TPSA) is 0 Å². The molecule has 1 aromatic carbocycles. The second kappa shape index (κ2) is 5.95. The normalized spacial score (nSPS) is 13.4. The van der Waals surface area contributed by atoms with E-state index in [-0.39, 0.29) is 23.4 Å². The van der Waals surface area contributed by atoms with Crippen LogP contribution in [-0.4, -0.2) is 6.18 Å². The molecule has 1 aromatic rings. The number of halogens is 5. The predicted molar refractivity (Wildman–Crippen MR) is 69.7 cm³/mol. The van der Waals surface area contributed by atoms with E-state index in [0.717, 1.165) is 13.0 Å². The molecule has 1 rings (SSSR count). The molecule has 0 spiro atoms. The summed E-state index contributed by atoms with van der Waals surface area (Å²) >= 11 is 5.74.